The first kappa shape index (κ1) is 25.8. The number of carbonyl (C=O) groups excluding carboxylic acids is 3. The standard InChI is InChI=1S/C30H28FN5O3/c1-20(2)36(23-11-7-4-8-12-23)28(37)19-34-15-16-35(22-9-5-3-6-10-22)30(39)25(29(34)38)18-27-24-14-13-21(31)17-26(24)32-33-27/h3-17,20,25H,18-19H2,1-2H3,(H,32,33)/t25-/m0/s1. The van der Waals surface area contributed by atoms with Crippen LogP contribution in [0.3, 0.4) is 0 Å². The first-order valence-corrected chi connectivity index (χ1v) is 12.7. The highest BCUT2D eigenvalue weighted by atomic mass is 19.1. The molecule has 3 aromatic carbocycles. The third-order valence-corrected chi connectivity index (χ3v) is 6.68. The van der Waals surface area contributed by atoms with E-state index >= 15 is 0 Å². The van der Waals surface area contributed by atoms with Crippen molar-refractivity contribution in [3.05, 3.63) is 103 Å². The molecule has 198 valence electrons. The summed E-state index contributed by atoms with van der Waals surface area (Å²) in [5.74, 6) is -2.81. The SMILES string of the molecule is CC(C)N(C(=O)CN1C=CN(c2ccccc2)C(=O)[C@@H](Cc2[nH]nc3cc(F)ccc23)C1=O)c1ccccc1. The van der Waals surface area contributed by atoms with Crippen molar-refractivity contribution < 1.29 is 18.8 Å². The molecule has 3 amide bonds. The minimum atomic E-state index is -1.15. The molecule has 39 heavy (non-hydrogen) atoms. The molecule has 9 heteroatoms. The molecule has 2 heterocycles. The van der Waals surface area contributed by atoms with E-state index in [2.05, 4.69) is 10.2 Å². The summed E-state index contributed by atoms with van der Waals surface area (Å²) in [6.07, 6.45) is 3.00. The number of H-pyrrole nitrogens is 1. The summed E-state index contributed by atoms with van der Waals surface area (Å²) in [4.78, 5) is 45.6. The quantitative estimate of drug-likeness (QED) is 0.356. The van der Waals surface area contributed by atoms with Gasteiger partial charge in [0.2, 0.25) is 17.7 Å². The second-order valence-electron chi connectivity index (χ2n) is 9.62. The van der Waals surface area contributed by atoms with E-state index < -0.39 is 23.5 Å². The highest BCUT2D eigenvalue weighted by Crippen LogP contribution is 2.27. The van der Waals surface area contributed by atoms with Gasteiger partial charge in [0.25, 0.3) is 0 Å². The Hall–Kier alpha value is -4.79. The highest BCUT2D eigenvalue weighted by molar-refractivity contribution is 6.11. The van der Waals surface area contributed by atoms with E-state index in [1.165, 1.54) is 34.3 Å². The van der Waals surface area contributed by atoms with Crippen molar-refractivity contribution in [3.63, 3.8) is 0 Å². The summed E-state index contributed by atoms with van der Waals surface area (Å²) in [6, 6.07) is 22.3. The first-order valence-electron chi connectivity index (χ1n) is 12.7. The molecule has 1 N–H and O–H groups in total. The molecule has 4 aromatic rings. The number of fused-ring (bicyclic) bond motifs is 1. The van der Waals surface area contributed by atoms with Crippen LogP contribution in [0.5, 0.6) is 0 Å². The molecule has 5 rings (SSSR count). The zero-order valence-electron chi connectivity index (χ0n) is 21.6. The number of aromatic nitrogens is 2. The zero-order chi connectivity index (χ0) is 27.5. The van der Waals surface area contributed by atoms with Crippen molar-refractivity contribution in [2.75, 3.05) is 16.3 Å². The fourth-order valence-electron chi connectivity index (χ4n) is 4.82. The van der Waals surface area contributed by atoms with Gasteiger partial charge in [-0.1, -0.05) is 36.4 Å². The maximum atomic E-state index is 13.9. The summed E-state index contributed by atoms with van der Waals surface area (Å²) in [7, 11) is 0. The lowest BCUT2D eigenvalue weighted by Gasteiger charge is -2.29. The number of anilines is 2. The van der Waals surface area contributed by atoms with Crippen molar-refractivity contribution in [2.24, 2.45) is 5.92 Å². The molecule has 1 atom stereocenters. The van der Waals surface area contributed by atoms with Crippen molar-refractivity contribution in [3.8, 4) is 0 Å². The van der Waals surface area contributed by atoms with Crippen LogP contribution < -0.4 is 9.80 Å². The maximum Gasteiger partial charge on any atom is 0.247 e. The number of aromatic amines is 1. The summed E-state index contributed by atoms with van der Waals surface area (Å²) >= 11 is 0. The number of halogens is 1. The minimum absolute atomic E-state index is 0.00207. The van der Waals surface area contributed by atoms with Gasteiger partial charge in [-0.25, -0.2) is 4.39 Å². The predicted octanol–water partition coefficient (Wildman–Crippen LogP) is 4.65. The van der Waals surface area contributed by atoms with E-state index in [0.717, 1.165) is 5.69 Å². The van der Waals surface area contributed by atoms with Crippen LogP contribution in [0.4, 0.5) is 15.8 Å². The Morgan fingerprint density at radius 1 is 0.974 bits per heavy atom. The van der Waals surface area contributed by atoms with E-state index in [0.29, 0.717) is 22.3 Å². The summed E-state index contributed by atoms with van der Waals surface area (Å²) in [6.45, 7) is 3.56. The van der Waals surface area contributed by atoms with E-state index in [1.54, 1.807) is 35.2 Å². The number of nitrogens with one attached hydrogen (secondary N) is 1. The van der Waals surface area contributed by atoms with Gasteiger partial charge in [0.15, 0.2) is 0 Å². The van der Waals surface area contributed by atoms with Gasteiger partial charge >= 0.3 is 0 Å². The molecular weight excluding hydrogens is 497 g/mol. The van der Waals surface area contributed by atoms with Crippen LogP contribution in [0, 0.1) is 11.7 Å². The Labute approximate surface area is 225 Å². The molecule has 1 aliphatic heterocycles. The fourth-order valence-corrected chi connectivity index (χ4v) is 4.82. The lowest BCUT2D eigenvalue weighted by Crippen LogP contribution is -2.46. The highest BCUT2D eigenvalue weighted by Gasteiger charge is 2.38. The van der Waals surface area contributed by atoms with Crippen molar-refractivity contribution in [1.82, 2.24) is 15.1 Å². The van der Waals surface area contributed by atoms with Crippen LogP contribution in [0.25, 0.3) is 10.9 Å². The second kappa shape index (κ2) is 10.9. The lowest BCUT2D eigenvalue weighted by atomic mass is 9.98. The number of carbonyl (C=O) groups is 3. The van der Waals surface area contributed by atoms with Crippen molar-refractivity contribution >= 4 is 40.0 Å². The Morgan fingerprint density at radius 3 is 2.36 bits per heavy atom. The molecule has 8 nitrogen and oxygen atoms in total. The molecule has 0 spiro atoms. The number of hydrogen-bond donors (Lipinski definition) is 1. The monoisotopic (exact) mass is 525 g/mol. The second-order valence-corrected chi connectivity index (χ2v) is 9.62. The Morgan fingerprint density at radius 2 is 1.67 bits per heavy atom. The molecule has 0 fully saturated rings. The molecular formula is C30H28FN5O3. The van der Waals surface area contributed by atoms with Gasteiger partial charge in [-0.3, -0.25) is 24.4 Å². The van der Waals surface area contributed by atoms with Gasteiger partial charge in [-0.05, 0) is 50.2 Å². The van der Waals surface area contributed by atoms with Crippen LogP contribution in [0.15, 0.2) is 91.3 Å². The Balaban J connectivity index is 1.49. The molecule has 0 saturated carbocycles. The van der Waals surface area contributed by atoms with E-state index in [-0.39, 0.29) is 24.9 Å². The Bertz CT molecular complexity index is 1530. The third kappa shape index (κ3) is 5.29. The molecule has 0 unspecified atom stereocenters. The molecule has 0 radical (unpaired) electrons. The first-order chi connectivity index (χ1) is 18.8. The third-order valence-electron chi connectivity index (χ3n) is 6.68. The number of nitrogens with zero attached hydrogens (tertiary/aromatic N) is 4. The average molecular weight is 526 g/mol. The molecule has 1 aromatic heterocycles. The van der Waals surface area contributed by atoms with E-state index in [1.807, 2.05) is 50.2 Å². The van der Waals surface area contributed by atoms with Crippen LogP contribution in [-0.2, 0) is 20.8 Å². The fraction of sp³-hybridized carbons (Fsp3) is 0.200. The average Bonchev–Trinajstić information content (AvgIpc) is 3.28. The number of rotatable bonds is 7. The van der Waals surface area contributed by atoms with Gasteiger partial charge in [0.05, 0.1) is 5.52 Å². The molecule has 1 aliphatic rings. The van der Waals surface area contributed by atoms with Gasteiger partial charge in [-0.15, -0.1) is 0 Å². The number of hydrogen-bond acceptors (Lipinski definition) is 4. The molecule has 0 bridgehead atoms. The maximum absolute atomic E-state index is 13.9. The van der Waals surface area contributed by atoms with Crippen LogP contribution in [-0.4, -0.2) is 45.4 Å². The van der Waals surface area contributed by atoms with E-state index in [9.17, 15) is 18.8 Å². The zero-order valence-corrected chi connectivity index (χ0v) is 21.6. The van der Waals surface area contributed by atoms with Crippen molar-refractivity contribution in [1.29, 1.82) is 0 Å². The summed E-state index contributed by atoms with van der Waals surface area (Å²) < 4.78 is 13.7. The van der Waals surface area contributed by atoms with Gasteiger partial charge in [0.1, 0.15) is 18.3 Å². The molecule has 0 saturated heterocycles. The number of para-hydroxylation sites is 2. The van der Waals surface area contributed by atoms with Crippen LogP contribution >= 0.6 is 0 Å². The number of amides is 3. The topological polar surface area (TPSA) is 89.6 Å². The smallest absolute Gasteiger partial charge is 0.247 e. The van der Waals surface area contributed by atoms with Gasteiger partial charge in [-0.2, -0.15) is 5.10 Å². The largest absolute Gasteiger partial charge is 0.308 e. The minimum Gasteiger partial charge on any atom is -0.308 e. The predicted molar refractivity (Wildman–Crippen MR) is 147 cm³/mol. The molecule has 0 aliphatic carbocycles. The van der Waals surface area contributed by atoms with Gasteiger partial charge < -0.3 is 9.80 Å². The van der Waals surface area contributed by atoms with Crippen LogP contribution in [0.1, 0.15) is 19.5 Å². The Kier molecular flexibility index (Phi) is 7.23. The van der Waals surface area contributed by atoms with Gasteiger partial charge in [0, 0.05) is 53.4 Å². The lowest BCUT2D eigenvalue weighted by molar-refractivity contribution is -0.140. The van der Waals surface area contributed by atoms with Crippen molar-refractivity contribution in [2.45, 2.75) is 26.3 Å². The summed E-state index contributed by atoms with van der Waals surface area (Å²) in [5.41, 5.74) is 2.25. The van der Waals surface area contributed by atoms with E-state index in [4.69, 9.17) is 0 Å². The summed E-state index contributed by atoms with van der Waals surface area (Å²) in [5, 5.41) is 7.63. The number of benzene rings is 3. The normalized spacial score (nSPS) is 15.7. The van der Waals surface area contributed by atoms with Crippen LogP contribution in [0.2, 0.25) is 0 Å².